The van der Waals surface area contributed by atoms with Crippen molar-refractivity contribution in [1.82, 2.24) is 34.7 Å². The Morgan fingerprint density at radius 1 is 1.17 bits per heavy atom. The fourth-order valence-electron chi connectivity index (χ4n) is 2.88. The number of rotatable bonds is 8. The minimum absolute atomic E-state index is 0.234. The molecule has 146 valence electrons. The largest absolute Gasteiger partial charge is 0.458 e. The molecule has 0 saturated heterocycles. The summed E-state index contributed by atoms with van der Waals surface area (Å²) >= 11 is 0. The number of allylic oxidation sites excluding steroid dienone is 1. The van der Waals surface area contributed by atoms with Gasteiger partial charge in [0.15, 0.2) is 0 Å². The summed E-state index contributed by atoms with van der Waals surface area (Å²) in [6, 6.07) is 13.8. The van der Waals surface area contributed by atoms with Crippen LogP contribution in [-0.4, -0.2) is 34.7 Å². The predicted octanol–water partition coefficient (Wildman–Crippen LogP) is 3.02. The van der Waals surface area contributed by atoms with Crippen LogP contribution in [0, 0.1) is 0 Å². The van der Waals surface area contributed by atoms with Crippen LogP contribution in [0.4, 0.5) is 5.82 Å². The average molecular weight is 388 g/mol. The van der Waals surface area contributed by atoms with Crippen molar-refractivity contribution in [3.63, 3.8) is 0 Å². The summed E-state index contributed by atoms with van der Waals surface area (Å²) < 4.78 is 9.35. The molecule has 0 atom stereocenters. The number of anilines is 1. The number of aryl methyl sites for hydroxylation is 1. The number of para-hydroxylation sites is 2. The van der Waals surface area contributed by atoms with Crippen molar-refractivity contribution in [3.05, 3.63) is 73.1 Å². The molecule has 4 aromatic rings. The topological polar surface area (TPSA) is 95.6 Å². The summed E-state index contributed by atoms with van der Waals surface area (Å²) in [7, 11) is 1.76. The molecular formula is C20H20N8O. The lowest BCUT2D eigenvalue weighted by molar-refractivity contribution is 0.272. The van der Waals surface area contributed by atoms with Crippen LogP contribution in [0.25, 0.3) is 17.0 Å². The highest BCUT2D eigenvalue weighted by Gasteiger charge is 2.18. The number of tetrazole rings is 1. The van der Waals surface area contributed by atoms with Crippen LogP contribution in [-0.2, 0) is 13.7 Å². The average Bonchev–Trinajstić information content (AvgIpc) is 3.29. The Bertz CT molecular complexity index is 1180. The fourth-order valence-corrected chi connectivity index (χ4v) is 2.88. The summed E-state index contributed by atoms with van der Waals surface area (Å²) in [5.74, 6) is 1.21. The maximum absolute atomic E-state index is 6.01. The van der Waals surface area contributed by atoms with Gasteiger partial charge in [0.1, 0.15) is 12.4 Å². The number of nitrogens with zero attached hydrogens (tertiary/aromatic N) is 7. The molecular weight excluding hydrogens is 368 g/mol. The Balaban J connectivity index is 1.60. The Morgan fingerprint density at radius 2 is 2.03 bits per heavy atom. The van der Waals surface area contributed by atoms with Gasteiger partial charge in [0.25, 0.3) is 5.95 Å². The van der Waals surface area contributed by atoms with E-state index < -0.39 is 0 Å². The zero-order valence-electron chi connectivity index (χ0n) is 16.0. The lowest BCUT2D eigenvalue weighted by atomic mass is 10.3. The number of hydrogen-bond donors (Lipinski definition) is 1. The van der Waals surface area contributed by atoms with Crippen molar-refractivity contribution < 1.29 is 4.74 Å². The van der Waals surface area contributed by atoms with E-state index in [1.807, 2.05) is 42.5 Å². The number of aromatic nitrogens is 7. The SMILES string of the molecule is C=CCC(=C)Nc1cccc(COc2nc3ccccc3n2-c2nnnn2C)n1. The normalized spacial score (nSPS) is 10.8. The molecule has 0 amide bonds. The van der Waals surface area contributed by atoms with Gasteiger partial charge >= 0.3 is 6.01 Å². The van der Waals surface area contributed by atoms with Crippen LogP contribution >= 0.6 is 0 Å². The second-order valence-electron chi connectivity index (χ2n) is 6.35. The smallest absolute Gasteiger partial charge is 0.305 e. The van der Waals surface area contributed by atoms with E-state index in [-0.39, 0.29) is 6.61 Å². The predicted molar refractivity (Wildman–Crippen MR) is 110 cm³/mol. The van der Waals surface area contributed by atoms with Crippen molar-refractivity contribution in [2.45, 2.75) is 13.0 Å². The second kappa shape index (κ2) is 7.93. The molecule has 9 nitrogen and oxygen atoms in total. The molecule has 0 bridgehead atoms. The molecule has 0 unspecified atom stereocenters. The van der Waals surface area contributed by atoms with Gasteiger partial charge in [0.05, 0.1) is 16.7 Å². The molecule has 0 spiro atoms. The van der Waals surface area contributed by atoms with E-state index in [0.29, 0.717) is 24.2 Å². The van der Waals surface area contributed by atoms with Crippen LogP contribution in [0.5, 0.6) is 6.01 Å². The third kappa shape index (κ3) is 3.84. The molecule has 4 rings (SSSR count). The van der Waals surface area contributed by atoms with Gasteiger partial charge < -0.3 is 10.1 Å². The number of pyridine rings is 1. The third-order valence-corrected chi connectivity index (χ3v) is 4.18. The van der Waals surface area contributed by atoms with Gasteiger partial charge in [0.2, 0.25) is 0 Å². The van der Waals surface area contributed by atoms with Crippen molar-refractivity contribution >= 4 is 16.9 Å². The number of imidazole rings is 1. The monoisotopic (exact) mass is 388 g/mol. The number of nitrogens with one attached hydrogen (secondary N) is 1. The molecule has 0 aliphatic rings. The number of benzene rings is 1. The number of ether oxygens (including phenoxy) is 1. The summed E-state index contributed by atoms with van der Waals surface area (Å²) in [6.07, 6.45) is 2.45. The van der Waals surface area contributed by atoms with E-state index in [1.165, 1.54) is 0 Å². The minimum Gasteiger partial charge on any atom is -0.458 e. The lowest BCUT2D eigenvalue weighted by Gasteiger charge is -2.10. The van der Waals surface area contributed by atoms with E-state index >= 15 is 0 Å². The maximum atomic E-state index is 6.01. The molecule has 29 heavy (non-hydrogen) atoms. The van der Waals surface area contributed by atoms with Crippen molar-refractivity contribution in [3.8, 4) is 12.0 Å². The molecule has 1 aromatic carbocycles. The van der Waals surface area contributed by atoms with Gasteiger partial charge in [-0.3, -0.25) is 0 Å². The molecule has 3 aromatic heterocycles. The van der Waals surface area contributed by atoms with Crippen LogP contribution in [0.3, 0.4) is 0 Å². The third-order valence-electron chi connectivity index (χ3n) is 4.18. The quantitative estimate of drug-likeness (QED) is 0.464. The number of hydrogen-bond acceptors (Lipinski definition) is 7. The molecule has 3 heterocycles. The Morgan fingerprint density at radius 3 is 2.83 bits per heavy atom. The minimum atomic E-state index is 0.234. The maximum Gasteiger partial charge on any atom is 0.305 e. The highest BCUT2D eigenvalue weighted by molar-refractivity contribution is 5.78. The molecule has 0 aliphatic carbocycles. The van der Waals surface area contributed by atoms with Crippen LogP contribution in [0.1, 0.15) is 12.1 Å². The van der Waals surface area contributed by atoms with Crippen molar-refractivity contribution in [1.29, 1.82) is 0 Å². The molecule has 1 N–H and O–H groups in total. The number of fused-ring (bicyclic) bond motifs is 1. The molecule has 0 aliphatic heterocycles. The van der Waals surface area contributed by atoms with Gasteiger partial charge in [-0.15, -0.1) is 6.58 Å². The Labute approximate surface area is 167 Å². The summed E-state index contributed by atoms with van der Waals surface area (Å²) in [5, 5.41) is 14.9. The van der Waals surface area contributed by atoms with Crippen LogP contribution < -0.4 is 10.1 Å². The summed E-state index contributed by atoms with van der Waals surface area (Å²) in [6.45, 7) is 7.89. The van der Waals surface area contributed by atoms with Gasteiger partial charge in [-0.05, 0) is 34.7 Å². The van der Waals surface area contributed by atoms with Gasteiger partial charge in [-0.1, -0.05) is 36.0 Å². The van der Waals surface area contributed by atoms with Gasteiger partial charge in [0, 0.05) is 19.2 Å². The highest BCUT2D eigenvalue weighted by atomic mass is 16.5. The fraction of sp³-hybridized carbons (Fsp3) is 0.150. The first kappa shape index (κ1) is 18.4. The standard InChI is InChI=1S/C20H20N8O/c1-4-8-14(2)21-18-12-7-9-15(22-18)13-29-20-23-16-10-5-6-11-17(16)28(20)19-24-25-26-27(19)3/h4-7,9-12H,1-2,8,13H2,3H3,(H,21,22). The van der Waals surface area contributed by atoms with Crippen molar-refractivity contribution in [2.24, 2.45) is 7.05 Å². The zero-order valence-corrected chi connectivity index (χ0v) is 16.0. The Kier molecular flexibility index (Phi) is 5.02. The van der Waals surface area contributed by atoms with Gasteiger partial charge in [-0.2, -0.15) is 4.98 Å². The van der Waals surface area contributed by atoms with E-state index in [4.69, 9.17) is 4.74 Å². The van der Waals surface area contributed by atoms with Gasteiger partial charge in [-0.25, -0.2) is 14.2 Å². The first-order valence-corrected chi connectivity index (χ1v) is 9.00. The second-order valence-corrected chi connectivity index (χ2v) is 6.35. The lowest BCUT2D eigenvalue weighted by Crippen LogP contribution is -2.09. The molecule has 0 radical (unpaired) electrons. The van der Waals surface area contributed by atoms with E-state index in [9.17, 15) is 0 Å². The summed E-state index contributed by atoms with van der Waals surface area (Å²) in [5.41, 5.74) is 3.21. The van der Waals surface area contributed by atoms with E-state index in [0.717, 1.165) is 22.4 Å². The zero-order chi connectivity index (χ0) is 20.2. The van der Waals surface area contributed by atoms with E-state index in [1.54, 1.807) is 22.4 Å². The molecule has 9 heteroatoms. The molecule has 0 fully saturated rings. The summed E-state index contributed by atoms with van der Waals surface area (Å²) in [4.78, 5) is 9.14. The molecule has 0 saturated carbocycles. The first-order valence-electron chi connectivity index (χ1n) is 9.00. The first-order chi connectivity index (χ1) is 14.2. The van der Waals surface area contributed by atoms with Crippen molar-refractivity contribution in [2.75, 3.05) is 5.32 Å². The Hall–Kier alpha value is -4.01. The van der Waals surface area contributed by atoms with Crippen LogP contribution in [0.2, 0.25) is 0 Å². The van der Waals surface area contributed by atoms with E-state index in [2.05, 4.69) is 44.0 Å². The van der Waals surface area contributed by atoms with Crippen LogP contribution in [0.15, 0.2) is 67.4 Å². The highest BCUT2D eigenvalue weighted by Crippen LogP contribution is 2.25.